The fourth-order valence-corrected chi connectivity index (χ4v) is 2.10. The number of hydrogen-bond acceptors (Lipinski definition) is 4. The molecule has 5 heteroatoms. The maximum Gasteiger partial charge on any atom is 0.128 e. The van der Waals surface area contributed by atoms with Gasteiger partial charge in [-0.05, 0) is 48.7 Å². The van der Waals surface area contributed by atoms with Gasteiger partial charge in [-0.25, -0.2) is 14.8 Å². The van der Waals surface area contributed by atoms with Crippen LogP contribution in [0.5, 0.6) is 0 Å². The summed E-state index contributed by atoms with van der Waals surface area (Å²) < 4.78 is 13.4. The Kier molecular flexibility index (Phi) is 3.78. The zero-order chi connectivity index (χ0) is 14.0. The summed E-state index contributed by atoms with van der Waals surface area (Å²) in [6.45, 7) is 3.82. The summed E-state index contributed by atoms with van der Waals surface area (Å²) in [6.07, 6.45) is 1.69. The number of aromatic nitrogens is 1. The number of rotatable bonds is 3. The molecule has 4 nitrogen and oxygen atoms in total. The molecule has 100 valence electrons. The maximum absolute atomic E-state index is 13.4. The van der Waals surface area contributed by atoms with E-state index in [9.17, 15) is 4.39 Å². The van der Waals surface area contributed by atoms with Gasteiger partial charge < -0.3 is 5.73 Å². The fraction of sp³-hybridized carbons (Fsp3) is 0.214. The lowest BCUT2D eigenvalue weighted by atomic mass is 9.95. The number of nitrogen functional groups attached to an aromatic ring is 1. The average molecular weight is 260 g/mol. The number of anilines is 1. The lowest BCUT2D eigenvalue weighted by molar-refractivity contribution is 0.602. The minimum atomic E-state index is -0.386. The molecular formula is C14H17FN4. The molecule has 0 aliphatic carbocycles. The third kappa shape index (κ3) is 2.72. The summed E-state index contributed by atoms with van der Waals surface area (Å²) in [7, 11) is 0. The number of hydrazine groups is 1. The van der Waals surface area contributed by atoms with Crippen LogP contribution in [-0.4, -0.2) is 4.98 Å². The molecule has 0 fully saturated rings. The molecule has 1 aromatic heterocycles. The van der Waals surface area contributed by atoms with Crippen LogP contribution in [0.3, 0.4) is 0 Å². The molecule has 1 aromatic carbocycles. The summed E-state index contributed by atoms with van der Waals surface area (Å²) in [6, 6.07) is 6.11. The summed E-state index contributed by atoms with van der Waals surface area (Å²) in [5.41, 5.74) is 12.0. The Hall–Kier alpha value is -1.98. The Morgan fingerprint density at radius 1 is 1.21 bits per heavy atom. The average Bonchev–Trinajstić information content (AvgIpc) is 2.38. The van der Waals surface area contributed by atoms with Gasteiger partial charge in [0.2, 0.25) is 0 Å². The second kappa shape index (κ2) is 5.34. The number of nitrogens with zero attached hydrogens (tertiary/aromatic N) is 1. The van der Waals surface area contributed by atoms with Crippen molar-refractivity contribution in [2.24, 2.45) is 5.84 Å². The van der Waals surface area contributed by atoms with E-state index in [2.05, 4.69) is 10.4 Å². The second-order valence-corrected chi connectivity index (χ2v) is 4.59. The number of nitrogens with one attached hydrogen (secondary N) is 1. The number of aryl methyl sites for hydroxylation is 2. The van der Waals surface area contributed by atoms with Gasteiger partial charge in [-0.15, -0.1) is 0 Å². The van der Waals surface area contributed by atoms with Crippen molar-refractivity contribution >= 4 is 5.82 Å². The van der Waals surface area contributed by atoms with Crippen LogP contribution < -0.4 is 17.0 Å². The Bertz CT molecular complexity index is 546. The maximum atomic E-state index is 13.4. The minimum Gasteiger partial charge on any atom is -0.383 e. The molecule has 0 aliphatic heterocycles. The molecule has 0 amide bonds. The molecule has 5 N–H and O–H groups in total. The first-order valence-corrected chi connectivity index (χ1v) is 5.97. The summed E-state index contributed by atoms with van der Waals surface area (Å²) >= 11 is 0. The molecule has 19 heavy (non-hydrogen) atoms. The van der Waals surface area contributed by atoms with Gasteiger partial charge in [-0.3, -0.25) is 5.84 Å². The first-order chi connectivity index (χ1) is 9.02. The van der Waals surface area contributed by atoms with Gasteiger partial charge >= 0.3 is 0 Å². The highest BCUT2D eigenvalue weighted by atomic mass is 19.1. The Balaban J connectivity index is 2.55. The van der Waals surface area contributed by atoms with Crippen LogP contribution in [-0.2, 0) is 0 Å². The molecule has 1 unspecified atom stereocenters. The van der Waals surface area contributed by atoms with Crippen molar-refractivity contribution < 1.29 is 4.39 Å². The van der Waals surface area contributed by atoms with Gasteiger partial charge in [0.15, 0.2) is 0 Å². The van der Waals surface area contributed by atoms with Crippen molar-refractivity contribution in [2.75, 3.05) is 5.73 Å². The number of halogens is 1. The minimum absolute atomic E-state index is 0.306. The van der Waals surface area contributed by atoms with E-state index in [0.717, 1.165) is 22.3 Å². The Morgan fingerprint density at radius 2 is 1.95 bits per heavy atom. The molecule has 1 atom stereocenters. The van der Waals surface area contributed by atoms with Gasteiger partial charge in [-0.2, -0.15) is 0 Å². The first-order valence-electron chi connectivity index (χ1n) is 5.97. The zero-order valence-corrected chi connectivity index (χ0v) is 10.9. The second-order valence-electron chi connectivity index (χ2n) is 4.59. The third-order valence-corrected chi connectivity index (χ3v) is 3.12. The fourth-order valence-electron chi connectivity index (χ4n) is 2.10. The molecule has 0 saturated carbocycles. The lowest BCUT2D eigenvalue weighted by Gasteiger charge is -2.20. The molecular weight excluding hydrogens is 243 g/mol. The topological polar surface area (TPSA) is 77.0 Å². The Morgan fingerprint density at radius 3 is 2.63 bits per heavy atom. The van der Waals surface area contributed by atoms with E-state index in [4.69, 9.17) is 11.6 Å². The molecule has 1 heterocycles. The van der Waals surface area contributed by atoms with Crippen LogP contribution in [0.2, 0.25) is 0 Å². The predicted octanol–water partition coefficient (Wildman–Crippen LogP) is 1.97. The smallest absolute Gasteiger partial charge is 0.128 e. The van der Waals surface area contributed by atoms with E-state index in [-0.39, 0.29) is 11.9 Å². The van der Waals surface area contributed by atoms with Crippen LogP contribution in [0.4, 0.5) is 10.2 Å². The molecule has 0 aliphatic rings. The van der Waals surface area contributed by atoms with E-state index < -0.39 is 0 Å². The van der Waals surface area contributed by atoms with Crippen molar-refractivity contribution in [1.82, 2.24) is 10.4 Å². The van der Waals surface area contributed by atoms with Gasteiger partial charge in [0.1, 0.15) is 11.6 Å². The third-order valence-electron chi connectivity index (χ3n) is 3.12. The van der Waals surface area contributed by atoms with Crippen LogP contribution >= 0.6 is 0 Å². The summed E-state index contributed by atoms with van der Waals surface area (Å²) in [5.74, 6) is 5.70. The molecule has 2 rings (SSSR count). The highest BCUT2D eigenvalue weighted by Gasteiger charge is 2.18. The first kappa shape index (κ1) is 13.5. The number of benzene rings is 1. The van der Waals surface area contributed by atoms with E-state index in [1.165, 1.54) is 12.1 Å². The van der Waals surface area contributed by atoms with Gasteiger partial charge in [0, 0.05) is 11.8 Å². The van der Waals surface area contributed by atoms with E-state index in [0.29, 0.717) is 5.82 Å². The number of pyridine rings is 1. The van der Waals surface area contributed by atoms with Crippen molar-refractivity contribution in [2.45, 2.75) is 19.9 Å². The van der Waals surface area contributed by atoms with Crippen LogP contribution in [0.1, 0.15) is 28.3 Å². The van der Waals surface area contributed by atoms with Crippen molar-refractivity contribution in [3.63, 3.8) is 0 Å². The van der Waals surface area contributed by atoms with E-state index in [1.54, 1.807) is 12.3 Å². The Labute approximate surface area is 111 Å². The summed E-state index contributed by atoms with van der Waals surface area (Å²) in [5, 5.41) is 0. The predicted molar refractivity (Wildman–Crippen MR) is 73.7 cm³/mol. The monoisotopic (exact) mass is 260 g/mol. The lowest BCUT2D eigenvalue weighted by Crippen LogP contribution is -2.30. The largest absolute Gasteiger partial charge is 0.383 e. The zero-order valence-electron chi connectivity index (χ0n) is 10.9. The summed E-state index contributed by atoms with van der Waals surface area (Å²) in [4.78, 5) is 4.11. The van der Waals surface area contributed by atoms with Crippen molar-refractivity contribution in [3.8, 4) is 0 Å². The van der Waals surface area contributed by atoms with Gasteiger partial charge in [-0.1, -0.05) is 6.07 Å². The standard InChI is InChI=1S/C14H17FN4/c1-8-5-12(14(16)18-7-8)13(19-17)11-6-10(15)4-3-9(11)2/h3-7,13,19H,17H2,1-2H3,(H2,16,18). The normalized spacial score (nSPS) is 12.4. The van der Waals surface area contributed by atoms with E-state index in [1.807, 2.05) is 19.9 Å². The van der Waals surface area contributed by atoms with Gasteiger partial charge in [0.05, 0.1) is 6.04 Å². The molecule has 0 spiro atoms. The molecule has 0 radical (unpaired) electrons. The quantitative estimate of drug-likeness (QED) is 0.582. The SMILES string of the molecule is Cc1cnc(N)c(C(NN)c2cc(F)ccc2C)c1. The number of nitrogens with two attached hydrogens (primary N) is 2. The van der Waals surface area contributed by atoms with Crippen molar-refractivity contribution in [1.29, 1.82) is 0 Å². The molecule has 2 aromatic rings. The van der Waals surface area contributed by atoms with Crippen LogP contribution in [0, 0.1) is 19.7 Å². The van der Waals surface area contributed by atoms with Crippen LogP contribution in [0.25, 0.3) is 0 Å². The molecule has 0 bridgehead atoms. The number of hydrogen-bond donors (Lipinski definition) is 3. The van der Waals surface area contributed by atoms with Crippen molar-refractivity contribution in [3.05, 3.63) is 58.5 Å². The van der Waals surface area contributed by atoms with Gasteiger partial charge in [0.25, 0.3) is 0 Å². The van der Waals surface area contributed by atoms with Crippen LogP contribution in [0.15, 0.2) is 30.5 Å². The molecule has 0 saturated heterocycles. The highest BCUT2D eigenvalue weighted by molar-refractivity contribution is 5.48. The van der Waals surface area contributed by atoms with E-state index >= 15 is 0 Å². The highest BCUT2D eigenvalue weighted by Crippen LogP contribution is 2.28.